The Labute approximate surface area is 184 Å². The van der Waals surface area contributed by atoms with Crippen molar-refractivity contribution in [1.29, 1.82) is 5.26 Å². The lowest BCUT2D eigenvalue weighted by Crippen LogP contribution is -2.45. The van der Waals surface area contributed by atoms with Crippen LogP contribution in [0.1, 0.15) is 30.0 Å². The van der Waals surface area contributed by atoms with Crippen LogP contribution < -0.4 is 10.2 Å². The van der Waals surface area contributed by atoms with E-state index in [2.05, 4.69) is 5.32 Å². The predicted octanol–water partition coefficient (Wildman–Crippen LogP) is 3.30. The highest BCUT2D eigenvalue weighted by Crippen LogP contribution is 2.31. The second-order valence-electron chi connectivity index (χ2n) is 7.79. The fourth-order valence-corrected chi connectivity index (χ4v) is 3.58. The first kappa shape index (κ1) is 22.9. The number of hydrogen-bond donors (Lipinski definition) is 1. The van der Waals surface area contributed by atoms with Gasteiger partial charge in [0.2, 0.25) is 5.91 Å². The fraction of sp³-hybridized carbons (Fsp3) is 0.304. The Kier molecular flexibility index (Phi) is 6.25. The maximum Gasteiger partial charge on any atom is 0.325 e. The molecule has 0 radical (unpaired) electrons. The van der Waals surface area contributed by atoms with Gasteiger partial charge in [-0.15, -0.1) is 0 Å². The Morgan fingerprint density at radius 2 is 1.88 bits per heavy atom. The van der Waals surface area contributed by atoms with E-state index >= 15 is 0 Å². The summed E-state index contributed by atoms with van der Waals surface area (Å²) in [5, 5.41) is 11.3. The van der Waals surface area contributed by atoms with Crippen molar-refractivity contribution in [3.05, 3.63) is 64.7 Å². The molecule has 1 N–H and O–H groups in total. The van der Waals surface area contributed by atoms with E-state index in [0.29, 0.717) is 10.6 Å². The summed E-state index contributed by atoms with van der Waals surface area (Å²) in [6, 6.07) is 9.02. The van der Waals surface area contributed by atoms with Crippen LogP contribution in [0.4, 0.5) is 19.3 Å². The van der Waals surface area contributed by atoms with Crippen LogP contribution in [-0.2, 0) is 15.1 Å². The molecule has 32 heavy (non-hydrogen) atoms. The van der Waals surface area contributed by atoms with Gasteiger partial charge in [0.05, 0.1) is 12.5 Å². The van der Waals surface area contributed by atoms with Crippen molar-refractivity contribution in [2.24, 2.45) is 0 Å². The highest BCUT2D eigenvalue weighted by Gasteiger charge is 2.51. The van der Waals surface area contributed by atoms with Crippen LogP contribution in [0.25, 0.3) is 0 Å². The molecule has 1 unspecified atom stereocenters. The Morgan fingerprint density at radius 3 is 2.53 bits per heavy atom. The number of nitriles is 1. The minimum atomic E-state index is -1.86. The van der Waals surface area contributed by atoms with E-state index in [-0.39, 0.29) is 18.5 Å². The first-order valence-corrected chi connectivity index (χ1v) is 9.92. The minimum Gasteiger partial charge on any atom is -0.319 e. The Bertz CT molecular complexity index is 1140. The van der Waals surface area contributed by atoms with Crippen LogP contribution in [0, 0.1) is 36.8 Å². The fourth-order valence-electron chi connectivity index (χ4n) is 3.58. The van der Waals surface area contributed by atoms with Crippen LogP contribution in [-0.4, -0.2) is 35.8 Å². The third-order valence-corrected chi connectivity index (χ3v) is 5.59. The number of benzene rings is 2. The number of halogens is 2. The van der Waals surface area contributed by atoms with Crippen LogP contribution >= 0.6 is 0 Å². The molecule has 0 aromatic heterocycles. The van der Waals surface area contributed by atoms with Crippen molar-refractivity contribution in [2.45, 2.75) is 32.7 Å². The topological polar surface area (TPSA) is 93.5 Å². The lowest BCUT2D eigenvalue weighted by atomic mass is 9.91. The number of hydrogen-bond acceptors (Lipinski definition) is 4. The molecule has 1 aliphatic rings. The van der Waals surface area contributed by atoms with Gasteiger partial charge in [-0.1, -0.05) is 6.07 Å². The Hall–Kier alpha value is -3.80. The van der Waals surface area contributed by atoms with Gasteiger partial charge in [-0.25, -0.2) is 13.6 Å². The molecule has 1 aliphatic heterocycles. The van der Waals surface area contributed by atoms with Gasteiger partial charge in [0.1, 0.15) is 23.7 Å². The number of nitrogens with one attached hydrogen (secondary N) is 1. The number of urea groups is 1. The summed E-state index contributed by atoms with van der Waals surface area (Å²) >= 11 is 0. The zero-order chi connectivity index (χ0) is 23.6. The average Bonchev–Trinajstić information content (AvgIpc) is 2.96. The monoisotopic (exact) mass is 440 g/mol. The van der Waals surface area contributed by atoms with Crippen molar-refractivity contribution in [1.82, 2.24) is 10.2 Å². The number of carbonyl (C=O) groups excluding carboxylic acids is 3. The van der Waals surface area contributed by atoms with E-state index in [0.717, 1.165) is 29.3 Å². The molecule has 2 aromatic rings. The molecule has 1 atom stereocenters. The van der Waals surface area contributed by atoms with Crippen LogP contribution in [0.2, 0.25) is 0 Å². The number of amides is 4. The van der Waals surface area contributed by atoms with E-state index < -0.39 is 41.6 Å². The maximum atomic E-state index is 14.3. The average molecular weight is 440 g/mol. The summed E-state index contributed by atoms with van der Waals surface area (Å²) in [7, 11) is 0. The number of nitrogens with zero attached hydrogens (tertiary/aromatic N) is 3. The molecule has 1 fully saturated rings. The van der Waals surface area contributed by atoms with E-state index in [1.807, 2.05) is 26.0 Å². The van der Waals surface area contributed by atoms with Gasteiger partial charge in [-0.05, 0) is 62.2 Å². The Balaban J connectivity index is 1.88. The molecule has 0 spiro atoms. The van der Waals surface area contributed by atoms with Crippen molar-refractivity contribution >= 4 is 23.5 Å². The van der Waals surface area contributed by atoms with Gasteiger partial charge < -0.3 is 10.2 Å². The third kappa shape index (κ3) is 4.17. The molecular weight excluding hydrogens is 418 g/mol. The summed E-state index contributed by atoms with van der Waals surface area (Å²) in [6.45, 7) is 4.50. The number of anilines is 1. The highest BCUT2D eigenvalue weighted by atomic mass is 19.1. The molecule has 2 aromatic carbocycles. The zero-order valence-corrected chi connectivity index (χ0v) is 17.9. The quantitative estimate of drug-likeness (QED) is 0.698. The molecule has 0 aliphatic carbocycles. The summed E-state index contributed by atoms with van der Waals surface area (Å²) in [5.74, 6) is -3.09. The van der Waals surface area contributed by atoms with E-state index in [4.69, 9.17) is 5.26 Å². The molecule has 7 nitrogen and oxygen atoms in total. The normalized spacial score (nSPS) is 17.8. The van der Waals surface area contributed by atoms with Crippen molar-refractivity contribution in [3.63, 3.8) is 0 Å². The second kappa shape index (κ2) is 8.75. The van der Waals surface area contributed by atoms with Gasteiger partial charge in [0.15, 0.2) is 0 Å². The van der Waals surface area contributed by atoms with Gasteiger partial charge in [0.25, 0.3) is 5.91 Å². The molecule has 0 bridgehead atoms. The molecular formula is C23H22F2N4O3. The van der Waals surface area contributed by atoms with Gasteiger partial charge in [0, 0.05) is 17.8 Å². The molecule has 1 heterocycles. The molecule has 4 amide bonds. The lowest BCUT2D eigenvalue weighted by Gasteiger charge is -2.25. The second-order valence-corrected chi connectivity index (χ2v) is 7.79. The highest BCUT2D eigenvalue weighted by molar-refractivity contribution is 6.10. The standard InChI is InChI=1S/C23H22F2N4O3/c1-14-5-7-17(11-15(14)2)28(10-4-9-26)20(30)13-29-21(31)23(3,27-22(29)32)18-12-16(24)6-8-19(18)25/h5-8,11-12H,4,10,13H2,1-3H3,(H,27,32). The van der Waals surface area contributed by atoms with E-state index in [1.165, 1.54) is 11.8 Å². The number of carbonyl (C=O) groups is 3. The van der Waals surface area contributed by atoms with Crippen molar-refractivity contribution < 1.29 is 23.2 Å². The molecule has 0 saturated carbocycles. The molecule has 1 saturated heterocycles. The molecule has 166 valence electrons. The molecule has 9 heteroatoms. The SMILES string of the molecule is Cc1ccc(N(CCC#N)C(=O)CN2C(=O)NC(C)(c3cc(F)ccc3F)C2=O)cc1C. The van der Waals surface area contributed by atoms with Crippen molar-refractivity contribution in [3.8, 4) is 6.07 Å². The first-order valence-electron chi connectivity index (χ1n) is 9.92. The van der Waals surface area contributed by atoms with E-state index in [1.54, 1.807) is 12.1 Å². The van der Waals surface area contributed by atoms with Crippen LogP contribution in [0.15, 0.2) is 36.4 Å². The maximum absolute atomic E-state index is 14.3. The summed E-state index contributed by atoms with van der Waals surface area (Å²) in [5.41, 5.74) is 0.284. The number of rotatable bonds is 6. The van der Waals surface area contributed by atoms with E-state index in [9.17, 15) is 23.2 Å². The zero-order valence-electron chi connectivity index (χ0n) is 17.9. The van der Waals surface area contributed by atoms with Crippen LogP contribution in [0.5, 0.6) is 0 Å². The van der Waals surface area contributed by atoms with Gasteiger partial charge in [-0.3, -0.25) is 14.5 Å². The van der Waals surface area contributed by atoms with Gasteiger partial charge in [-0.2, -0.15) is 5.26 Å². The number of aryl methyl sites for hydroxylation is 2. The van der Waals surface area contributed by atoms with Crippen LogP contribution in [0.3, 0.4) is 0 Å². The number of imide groups is 1. The largest absolute Gasteiger partial charge is 0.325 e. The summed E-state index contributed by atoms with van der Waals surface area (Å²) in [4.78, 5) is 40.6. The van der Waals surface area contributed by atoms with Gasteiger partial charge >= 0.3 is 6.03 Å². The summed E-state index contributed by atoms with van der Waals surface area (Å²) in [6.07, 6.45) is 0.0467. The predicted molar refractivity (Wildman–Crippen MR) is 112 cm³/mol. The first-order chi connectivity index (χ1) is 15.1. The molecule has 3 rings (SSSR count). The summed E-state index contributed by atoms with van der Waals surface area (Å²) < 4.78 is 28.0. The smallest absolute Gasteiger partial charge is 0.319 e. The third-order valence-electron chi connectivity index (χ3n) is 5.59. The lowest BCUT2D eigenvalue weighted by molar-refractivity contribution is -0.134. The Morgan fingerprint density at radius 1 is 1.16 bits per heavy atom. The van der Waals surface area contributed by atoms with Crippen molar-refractivity contribution in [2.75, 3.05) is 18.0 Å². The minimum absolute atomic E-state index is 0.0467.